The van der Waals surface area contributed by atoms with Crippen molar-refractivity contribution in [1.29, 1.82) is 5.26 Å². The molecule has 76 valence electrons. The van der Waals surface area contributed by atoms with Crippen LogP contribution in [-0.2, 0) is 4.79 Å². The zero-order valence-electron chi connectivity index (χ0n) is 8.20. The molecule has 0 saturated carbocycles. The SMILES string of the molecule is C=CCCC(=O)N1CCNCC1C#N. The Bertz CT molecular complexity index is 257. The first kappa shape index (κ1) is 10.7. The maximum Gasteiger partial charge on any atom is 0.224 e. The number of nitrogens with one attached hydrogen (secondary N) is 1. The third kappa shape index (κ3) is 2.57. The lowest BCUT2D eigenvalue weighted by Crippen LogP contribution is -2.52. The molecule has 1 aliphatic heterocycles. The second-order valence-electron chi connectivity index (χ2n) is 3.26. The molecule has 1 rings (SSSR count). The van der Waals surface area contributed by atoms with Gasteiger partial charge in [-0.05, 0) is 6.42 Å². The van der Waals surface area contributed by atoms with Gasteiger partial charge in [-0.25, -0.2) is 0 Å². The summed E-state index contributed by atoms with van der Waals surface area (Å²) in [6, 6.07) is 1.82. The van der Waals surface area contributed by atoms with E-state index >= 15 is 0 Å². The number of rotatable bonds is 3. The van der Waals surface area contributed by atoms with E-state index in [1.54, 1.807) is 11.0 Å². The van der Waals surface area contributed by atoms with E-state index in [1.807, 2.05) is 0 Å². The summed E-state index contributed by atoms with van der Waals surface area (Å²) < 4.78 is 0. The van der Waals surface area contributed by atoms with Gasteiger partial charge in [-0.15, -0.1) is 6.58 Å². The fraction of sp³-hybridized carbons (Fsp3) is 0.600. The Morgan fingerprint density at radius 2 is 2.57 bits per heavy atom. The molecule has 14 heavy (non-hydrogen) atoms. The van der Waals surface area contributed by atoms with Crippen molar-refractivity contribution in [1.82, 2.24) is 10.2 Å². The molecule has 1 saturated heterocycles. The third-order valence-corrected chi connectivity index (χ3v) is 2.28. The number of amides is 1. The van der Waals surface area contributed by atoms with Crippen LogP contribution in [0.3, 0.4) is 0 Å². The van der Waals surface area contributed by atoms with Crippen molar-refractivity contribution >= 4 is 5.91 Å². The van der Waals surface area contributed by atoms with Crippen molar-refractivity contribution in [2.75, 3.05) is 19.6 Å². The first-order valence-electron chi connectivity index (χ1n) is 4.80. The average molecular weight is 193 g/mol. The largest absolute Gasteiger partial charge is 0.324 e. The van der Waals surface area contributed by atoms with E-state index < -0.39 is 0 Å². The lowest BCUT2D eigenvalue weighted by atomic mass is 10.2. The molecule has 1 unspecified atom stereocenters. The van der Waals surface area contributed by atoms with Gasteiger partial charge in [0.1, 0.15) is 6.04 Å². The van der Waals surface area contributed by atoms with Crippen LogP contribution in [0, 0.1) is 11.3 Å². The number of carbonyl (C=O) groups is 1. The molecular weight excluding hydrogens is 178 g/mol. The lowest BCUT2D eigenvalue weighted by molar-refractivity contribution is -0.133. The summed E-state index contributed by atoms with van der Waals surface area (Å²) in [5, 5.41) is 11.9. The van der Waals surface area contributed by atoms with E-state index in [1.165, 1.54) is 0 Å². The van der Waals surface area contributed by atoms with E-state index in [0.717, 1.165) is 6.54 Å². The van der Waals surface area contributed by atoms with Crippen LogP contribution in [0.4, 0.5) is 0 Å². The highest BCUT2D eigenvalue weighted by Crippen LogP contribution is 2.06. The Balaban J connectivity index is 2.51. The smallest absolute Gasteiger partial charge is 0.224 e. The summed E-state index contributed by atoms with van der Waals surface area (Å²) in [6.45, 7) is 5.56. The summed E-state index contributed by atoms with van der Waals surface area (Å²) in [6.07, 6.45) is 2.87. The normalized spacial score (nSPS) is 21.4. The van der Waals surface area contributed by atoms with Gasteiger partial charge in [-0.2, -0.15) is 5.26 Å². The first-order valence-corrected chi connectivity index (χ1v) is 4.80. The van der Waals surface area contributed by atoms with E-state index in [0.29, 0.717) is 25.9 Å². The van der Waals surface area contributed by atoms with E-state index in [9.17, 15) is 4.79 Å². The molecule has 1 fully saturated rings. The number of nitriles is 1. The zero-order valence-corrected chi connectivity index (χ0v) is 8.20. The fourth-order valence-corrected chi connectivity index (χ4v) is 1.49. The van der Waals surface area contributed by atoms with Crippen LogP contribution in [0.15, 0.2) is 12.7 Å². The highest BCUT2D eigenvalue weighted by atomic mass is 16.2. The maximum absolute atomic E-state index is 11.6. The highest BCUT2D eigenvalue weighted by Gasteiger charge is 2.25. The molecule has 1 aliphatic rings. The number of nitrogens with zero attached hydrogens (tertiary/aromatic N) is 2. The van der Waals surface area contributed by atoms with Gasteiger partial charge >= 0.3 is 0 Å². The minimum absolute atomic E-state index is 0.0537. The standard InChI is InChI=1S/C10H15N3O/c1-2-3-4-10(14)13-6-5-12-8-9(13)7-11/h2,9,12H,1,3-6,8H2. The maximum atomic E-state index is 11.6. The van der Waals surface area contributed by atoms with E-state index in [2.05, 4.69) is 18.0 Å². The third-order valence-electron chi connectivity index (χ3n) is 2.28. The number of piperazine rings is 1. The number of allylic oxidation sites excluding steroid dienone is 1. The lowest BCUT2D eigenvalue weighted by Gasteiger charge is -2.31. The molecule has 0 aromatic heterocycles. The van der Waals surface area contributed by atoms with Crippen molar-refractivity contribution in [3.8, 4) is 6.07 Å². The summed E-state index contributed by atoms with van der Waals surface area (Å²) >= 11 is 0. The van der Waals surface area contributed by atoms with Crippen LogP contribution >= 0.6 is 0 Å². The summed E-state index contributed by atoms with van der Waals surface area (Å²) in [5.74, 6) is 0.0537. The average Bonchev–Trinajstić information content (AvgIpc) is 2.25. The Labute approximate surface area is 84.2 Å². The summed E-state index contributed by atoms with van der Waals surface area (Å²) in [5.41, 5.74) is 0. The molecule has 0 spiro atoms. The van der Waals surface area contributed by atoms with Crippen molar-refractivity contribution in [2.45, 2.75) is 18.9 Å². The van der Waals surface area contributed by atoms with Gasteiger partial charge in [-0.3, -0.25) is 4.79 Å². The van der Waals surface area contributed by atoms with Gasteiger partial charge in [-0.1, -0.05) is 6.08 Å². The van der Waals surface area contributed by atoms with Crippen LogP contribution < -0.4 is 5.32 Å². The molecule has 1 atom stereocenters. The van der Waals surface area contributed by atoms with Crippen LogP contribution in [0.1, 0.15) is 12.8 Å². The molecule has 0 aliphatic carbocycles. The predicted molar refractivity (Wildman–Crippen MR) is 53.4 cm³/mol. The Morgan fingerprint density at radius 1 is 1.79 bits per heavy atom. The minimum atomic E-state index is -0.305. The second-order valence-corrected chi connectivity index (χ2v) is 3.26. The van der Waals surface area contributed by atoms with Crippen molar-refractivity contribution in [3.05, 3.63) is 12.7 Å². The van der Waals surface area contributed by atoms with E-state index in [-0.39, 0.29) is 11.9 Å². The topological polar surface area (TPSA) is 56.1 Å². The zero-order chi connectivity index (χ0) is 10.4. The highest BCUT2D eigenvalue weighted by molar-refractivity contribution is 5.77. The Morgan fingerprint density at radius 3 is 3.21 bits per heavy atom. The molecule has 0 aromatic rings. The fourth-order valence-electron chi connectivity index (χ4n) is 1.49. The van der Waals surface area contributed by atoms with Crippen molar-refractivity contribution in [2.24, 2.45) is 0 Å². The summed E-state index contributed by atoms with van der Waals surface area (Å²) in [4.78, 5) is 13.3. The van der Waals surface area contributed by atoms with Crippen LogP contribution in [-0.4, -0.2) is 36.5 Å². The first-order chi connectivity index (χ1) is 6.79. The molecule has 0 bridgehead atoms. The molecule has 1 amide bonds. The number of hydrogen-bond acceptors (Lipinski definition) is 3. The van der Waals surface area contributed by atoms with Gasteiger partial charge in [0.15, 0.2) is 0 Å². The number of carbonyl (C=O) groups excluding carboxylic acids is 1. The van der Waals surface area contributed by atoms with Gasteiger partial charge in [0.05, 0.1) is 6.07 Å². The number of hydrogen-bond donors (Lipinski definition) is 1. The molecule has 4 nitrogen and oxygen atoms in total. The monoisotopic (exact) mass is 193 g/mol. The van der Waals surface area contributed by atoms with Crippen LogP contribution in [0.2, 0.25) is 0 Å². The second kappa shape index (κ2) is 5.40. The minimum Gasteiger partial charge on any atom is -0.324 e. The van der Waals surface area contributed by atoms with Gasteiger partial charge in [0.25, 0.3) is 0 Å². The molecule has 0 aromatic carbocycles. The van der Waals surface area contributed by atoms with Gasteiger partial charge < -0.3 is 10.2 Å². The molecule has 1 N–H and O–H groups in total. The predicted octanol–water partition coefficient (Wildman–Crippen LogP) is 0.277. The van der Waals surface area contributed by atoms with Crippen LogP contribution in [0.5, 0.6) is 0 Å². The van der Waals surface area contributed by atoms with E-state index in [4.69, 9.17) is 5.26 Å². The Kier molecular flexibility index (Phi) is 4.14. The summed E-state index contributed by atoms with van der Waals surface area (Å²) in [7, 11) is 0. The van der Waals surface area contributed by atoms with Crippen molar-refractivity contribution < 1.29 is 4.79 Å². The Hall–Kier alpha value is -1.34. The molecular formula is C10H15N3O. The quantitative estimate of drug-likeness (QED) is 0.655. The molecule has 4 heteroatoms. The van der Waals surface area contributed by atoms with Gasteiger partial charge in [0, 0.05) is 26.1 Å². The molecule has 1 heterocycles. The van der Waals surface area contributed by atoms with Crippen LogP contribution in [0.25, 0.3) is 0 Å². The molecule has 0 radical (unpaired) electrons. The van der Waals surface area contributed by atoms with Gasteiger partial charge in [0.2, 0.25) is 5.91 Å². The van der Waals surface area contributed by atoms with Crippen molar-refractivity contribution in [3.63, 3.8) is 0 Å².